The van der Waals surface area contributed by atoms with Gasteiger partial charge >= 0.3 is 0 Å². The Morgan fingerprint density at radius 3 is 2.91 bits per heavy atom. The molecule has 0 bridgehead atoms. The number of nitrogens with one attached hydrogen (secondary N) is 2. The molecule has 1 aliphatic rings. The average molecular weight is 455 g/mol. The van der Waals surface area contributed by atoms with Crippen LogP contribution in [-0.4, -0.2) is 35.0 Å². The van der Waals surface area contributed by atoms with Crippen LogP contribution in [0, 0.1) is 12.8 Å². The maximum Gasteiger partial charge on any atom is 0.262 e. The highest BCUT2D eigenvalue weighted by molar-refractivity contribution is 7.18. The van der Waals surface area contributed by atoms with Crippen LogP contribution in [0.3, 0.4) is 0 Å². The Hall–Kier alpha value is -3.20. The second-order valence-electron chi connectivity index (χ2n) is 8.24. The zero-order chi connectivity index (χ0) is 22.8. The summed E-state index contributed by atoms with van der Waals surface area (Å²) < 4.78 is 6.56. The van der Waals surface area contributed by atoms with Gasteiger partial charge in [-0.25, -0.2) is 4.98 Å². The molecule has 0 saturated heterocycles. The Balaban J connectivity index is 1.41. The van der Waals surface area contributed by atoms with Gasteiger partial charge in [0.15, 0.2) is 0 Å². The number of fused-ring (bicyclic) bond motifs is 3. The largest absolute Gasteiger partial charge is 0.495 e. The number of hydrogen-bond acceptors (Lipinski definition) is 6. The van der Waals surface area contributed by atoms with Crippen molar-refractivity contribution in [2.24, 2.45) is 5.92 Å². The molecule has 8 nitrogen and oxygen atoms in total. The minimum atomic E-state index is -0.433. The van der Waals surface area contributed by atoms with Crippen LogP contribution in [0.15, 0.2) is 29.3 Å². The van der Waals surface area contributed by atoms with Crippen molar-refractivity contribution >= 4 is 39.1 Å². The smallest absolute Gasteiger partial charge is 0.262 e. The molecule has 0 aliphatic heterocycles. The highest BCUT2D eigenvalue weighted by atomic mass is 32.1. The van der Waals surface area contributed by atoms with Crippen LogP contribution in [0.1, 0.15) is 29.3 Å². The number of aromatic nitrogens is 2. The summed E-state index contributed by atoms with van der Waals surface area (Å²) in [7, 11) is 1.52. The molecule has 4 rings (SSSR count). The summed E-state index contributed by atoms with van der Waals surface area (Å²) in [5.74, 6) is 0.325. The molecule has 1 aromatic carbocycles. The molecule has 1 atom stereocenters. The molecule has 9 heteroatoms. The number of benzene rings is 1. The van der Waals surface area contributed by atoms with E-state index in [2.05, 4.69) is 22.5 Å². The molecule has 2 N–H and O–H groups in total. The summed E-state index contributed by atoms with van der Waals surface area (Å²) in [4.78, 5) is 44.1. The lowest BCUT2D eigenvalue weighted by atomic mass is 9.89. The number of thiophene rings is 1. The molecule has 1 unspecified atom stereocenters. The summed E-state index contributed by atoms with van der Waals surface area (Å²) in [6.45, 7) is 3.72. The number of aryl methyl sites for hydroxylation is 2. The summed E-state index contributed by atoms with van der Waals surface area (Å²) in [5.41, 5.74) is 2.39. The van der Waals surface area contributed by atoms with Gasteiger partial charge in [-0.1, -0.05) is 13.0 Å². The zero-order valence-electron chi connectivity index (χ0n) is 18.4. The van der Waals surface area contributed by atoms with Crippen LogP contribution in [0.5, 0.6) is 5.75 Å². The third-order valence-electron chi connectivity index (χ3n) is 5.67. The van der Waals surface area contributed by atoms with Gasteiger partial charge in [0, 0.05) is 4.88 Å². The second kappa shape index (κ2) is 9.12. The lowest BCUT2D eigenvalue weighted by Gasteiger charge is -2.17. The second-order valence-corrected chi connectivity index (χ2v) is 9.32. The minimum absolute atomic E-state index is 0.191. The third kappa shape index (κ3) is 4.52. The molecule has 2 amide bonds. The summed E-state index contributed by atoms with van der Waals surface area (Å²) >= 11 is 1.58. The fourth-order valence-corrected chi connectivity index (χ4v) is 5.32. The van der Waals surface area contributed by atoms with Crippen LogP contribution in [0.25, 0.3) is 10.2 Å². The number of ether oxygens (including phenoxy) is 1. The molecule has 3 aromatic rings. The summed E-state index contributed by atoms with van der Waals surface area (Å²) in [6.07, 6.45) is 4.30. The third-order valence-corrected chi connectivity index (χ3v) is 6.83. The Kier molecular flexibility index (Phi) is 6.27. The summed E-state index contributed by atoms with van der Waals surface area (Å²) in [5, 5.41) is 5.93. The zero-order valence-corrected chi connectivity index (χ0v) is 19.2. The minimum Gasteiger partial charge on any atom is -0.495 e. The van der Waals surface area contributed by atoms with E-state index in [9.17, 15) is 14.4 Å². The van der Waals surface area contributed by atoms with E-state index in [0.29, 0.717) is 22.7 Å². The van der Waals surface area contributed by atoms with Gasteiger partial charge in [0.05, 0.1) is 31.1 Å². The van der Waals surface area contributed by atoms with E-state index in [-0.39, 0.29) is 24.6 Å². The van der Waals surface area contributed by atoms with Crippen LogP contribution in [0.2, 0.25) is 0 Å². The molecule has 0 fully saturated rings. The maximum atomic E-state index is 13.0. The van der Waals surface area contributed by atoms with Gasteiger partial charge < -0.3 is 15.4 Å². The number of amides is 2. The first-order valence-electron chi connectivity index (χ1n) is 10.6. The lowest BCUT2D eigenvalue weighted by molar-refractivity contribution is -0.124. The van der Waals surface area contributed by atoms with E-state index in [1.165, 1.54) is 22.9 Å². The summed E-state index contributed by atoms with van der Waals surface area (Å²) in [6, 6.07) is 5.44. The first kappa shape index (κ1) is 22.0. The molecular formula is C23H26N4O4S. The molecule has 0 spiro atoms. The number of carbonyl (C=O) groups is 2. The van der Waals surface area contributed by atoms with Crippen LogP contribution < -0.4 is 20.9 Å². The Bertz CT molecular complexity index is 1250. The monoisotopic (exact) mass is 454 g/mol. The first-order valence-corrected chi connectivity index (χ1v) is 11.4. The van der Waals surface area contributed by atoms with Crippen molar-refractivity contribution < 1.29 is 14.3 Å². The van der Waals surface area contributed by atoms with Crippen molar-refractivity contribution in [2.45, 2.75) is 39.7 Å². The van der Waals surface area contributed by atoms with E-state index in [4.69, 9.17) is 4.74 Å². The predicted octanol–water partition coefficient (Wildman–Crippen LogP) is 2.65. The van der Waals surface area contributed by atoms with Crippen LogP contribution in [0.4, 0.5) is 5.69 Å². The fourth-order valence-electron chi connectivity index (χ4n) is 3.98. The van der Waals surface area contributed by atoms with Crippen molar-refractivity contribution in [3.63, 3.8) is 0 Å². The topological polar surface area (TPSA) is 102 Å². The molecule has 0 saturated carbocycles. The van der Waals surface area contributed by atoms with E-state index in [1.807, 2.05) is 13.0 Å². The van der Waals surface area contributed by atoms with Crippen molar-refractivity contribution in [2.75, 3.05) is 19.0 Å². The van der Waals surface area contributed by atoms with E-state index < -0.39 is 5.91 Å². The van der Waals surface area contributed by atoms with Gasteiger partial charge in [0.25, 0.3) is 5.56 Å². The number of methoxy groups -OCH3 is 1. The molecular weight excluding hydrogens is 428 g/mol. The Labute approximate surface area is 189 Å². The normalized spacial score (nSPS) is 15.3. The standard InChI is InChI=1S/C23H26N4O4S/c1-13-5-7-17(31-3)16(8-13)26-19(28)10-24-20(29)11-27-12-25-22-21(23(27)30)15-6-4-14(2)9-18(15)32-22/h5,7-8,12,14H,4,6,9-11H2,1-3H3,(H,24,29)(H,26,28). The number of nitrogens with zero attached hydrogens (tertiary/aromatic N) is 2. The van der Waals surface area contributed by atoms with Crippen molar-refractivity contribution in [3.8, 4) is 5.75 Å². The highest BCUT2D eigenvalue weighted by Crippen LogP contribution is 2.35. The van der Waals surface area contributed by atoms with Crippen molar-refractivity contribution in [3.05, 3.63) is 50.9 Å². The lowest BCUT2D eigenvalue weighted by Crippen LogP contribution is -2.37. The van der Waals surface area contributed by atoms with Gasteiger partial charge in [-0.05, 0) is 55.4 Å². The van der Waals surface area contributed by atoms with E-state index in [1.54, 1.807) is 23.5 Å². The fraction of sp³-hybridized carbons (Fsp3) is 0.391. The number of hydrogen-bond donors (Lipinski definition) is 2. The van der Waals surface area contributed by atoms with Gasteiger partial charge in [-0.3, -0.25) is 19.0 Å². The maximum absolute atomic E-state index is 13.0. The molecule has 2 heterocycles. The SMILES string of the molecule is COc1ccc(C)cc1NC(=O)CNC(=O)Cn1cnc2sc3c(c2c1=O)CCC(C)C3. The highest BCUT2D eigenvalue weighted by Gasteiger charge is 2.23. The van der Waals surface area contributed by atoms with Gasteiger partial charge in [-0.15, -0.1) is 11.3 Å². The first-order chi connectivity index (χ1) is 15.4. The van der Waals surface area contributed by atoms with Crippen molar-refractivity contribution in [1.29, 1.82) is 0 Å². The van der Waals surface area contributed by atoms with Crippen molar-refractivity contribution in [1.82, 2.24) is 14.9 Å². The van der Waals surface area contributed by atoms with E-state index >= 15 is 0 Å². The van der Waals surface area contributed by atoms with E-state index in [0.717, 1.165) is 35.2 Å². The van der Waals surface area contributed by atoms with Gasteiger partial charge in [-0.2, -0.15) is 0 Å². The molecule has 32 heavy (non-hydrogen) atoms. The Morgan fingerprint density at radius 2 is 2.12 bits per heavy atom. The molecule has 0 radical (unpaired) electrons. The average Bonchev–Trinajstić information content (AvgIpc) is 3.12. The van der Waals surface area contributed by atoms with Crippen LogP contribution in [-0.2, 0) is 29.0 Å². The molecule has 1 aliphatic carbocycles. The van der Waals surface area contributed by atoms with Gasteiger partial charge in [0.2, 0.25) is 11.8 Å². The molecule has 168 valence electrons. The Morgan fingerprint density at radius 1 is 1.31 bits per heavy atom. The molecule has 2 aromatic heterocycles. The van der Waals surface area contributed by atoms with Crippen LogP contribution >= 0.6 is 11.3 Å². The quantitative estimate of drug-likeness (QED) is 0.596. The van der Waals surface area contributed by atoms with Gasteiger partial charge in [0.1, 0.15) is 17.1 Å². The predicted molar refractivity (Wildman–Crippen MR) is 124 cm³/mol. The number of rotatable bonds is 6. The number of carbonyl (C=O) groups excluding carboxylic acids is 2. The number of anilines is 1.